The van der Waals surface area contributed by atoms with Crippen LogP contribution in [-0.4, -0.2) is 141 Å². The zero-order chi connectivity index (χ0) is 71.7. The average Bonchev–Trinajstić information content (AvgIpc) is 1.58. The van der Waals surface area contributed by atoms with Crippen molar-refractivity contribution in [1.82, 2.24) is 49.2 Å². The van der Waals surface area contributed by atoms with Gasteiger partial charge in [-0.25, -0.2) is 28.7 Å². The monoisotopic (exact) mass is 1430 g/mol. The van der Waals surface area contributed by atoms with Crippen molar-refractivity contribution in [1.29, 1.82) is 0 Å². The number of nitrogens with zero attached hydrogens (tertiary/aromatic N) is 8. The molecule has 32 heteroatoms. The van der Waals surface area contributed by atoms with Crippen LogP contribution >= 0.6 is 15.5 Å². The normalized spacial score (nSPS) is 22.2. The summed E-state index contributed by atoms with van der Waals surface area (Å²) in [6, 6.07) is 43.3. The number of carbonyl (C=O) groups is 2. The smallest absolute Gasteiger partial charge is 0.459 e. The minimum absolute atomic E-state index is 0.0156. The van der Waals surface area contributed by atoms with Gasteiger partial charge in [-0.15, -0.1) is 0 Å². The SMILES string of the molecule is CCCOC(=O)C(NP(=O)(OCC1OC(n2cnc3c(OC)nc(N)nc32)C(C)(O)C1O)Oc1cccc2c(-c3cccc(C(NP(=O)(OCC4OC(n5cnc6c(OC)nc(N)nc65)C(C)(O)C4O)Oc4cccc5ccccc45)C(=O)OCc4ccccc4)c3)cccc12)c1ccccc1. The highest BCUT2D eigenvalue weighted by atomic mass is 31.2. The largest absolute Gasteiger partial charge is 0.479 e. The highest BCUT2D eigenvalue weighted by Gasteiger charge is 2.56. The van der Waals surface area contributed by atoms with Gasteiger partial charge in [-0.1, -0.05) is 153 Å². The summed E-state index contributed by atoms with van der Waals surface area (Å²) in [5.41, 5.74) is 10.7. The molecule has 11 aromatic rings. The molecule has 0 amide bonds. The summed E-state index contributed by atoms with van der Waals surface area (Å²) >= 11 is 0. The van der Waals surface area contributed by atoms with Crippen LogP contribution in [0.15, 0.2) is 176 Å². The minimum atomic E-state index is -4.96. The Kier molecular flexibility index (Phi) is 20.1. The molecule has 10 N–H and O–H groups in total. The molecule has 2 aliphatic rings. The number of rotatable bonds is 27. The highest BCUT2D eigenvalue weighted by Crippen LogP contribution is 2.53. The van der Waals surface area contributed by atoms with E-state index in [1.165, 1.54) is 55.9 Å². The Morgan fingerprint density at radius 2 is 1.06 bits per heavy atom. The number of hydrogen-bond acceptors (Lipinski definition) is 26. The summed E-state index contributed by atoms with van der Waals surface area (Å²) in [7, 11) is -7.14. The van der Waals surface area contributed by atoms with Crippen LogP contribution in [0.3, 0.4) is 0 Å². The summed E-state index contributed by atoms with van der Waals surface area (Å²) in [4.78, 5) is 54.6. The number of imidazole rings is 2. The number of aromatic nitrogens is 8. The second-order valence-electron chi connectivity index (χ2n) is 24.5. The van der Waals surface area contributed by atoms with E-state index in [1.807, 2.05) is 31.2 Å². The predicted octanol–water partition coefficient (Wildman–Crippen LogP) is 8.91. The molecule has 102 heavy (non-hydrogen) atoms. The maximum atomic E-state index is 16.1. The second-order valence-corrected chi connectivity index (χ2v) is 27.9. The lowest BCUT2D eigenvalue weighted by Crippen LogP contribution is -2.44. The molecule has 530 valence electrons. The summed E-state index contributed by atoms with van der Waals surface area (Å²) in [5, 5.41) is 55.5. The fourth-order valence-electron chi connectivity index (χ4n) is 12.3. The summed E-state index contributed by atoms with van der Waals surface area (Å²) in [6.07, 6.45) is -5.98. The summed E-state index contributed by atoms with van der Waals surface area (Å²) in [6.45, 7) is 2.87. The first-order valence-electron chi connectivity index (χ1n) is 32.2. The van der Waals surface area contributed by atoms with E-state index in [9.17, 15) is 25.2 Å². The van der Waals surface area contributed by atoms with E-state index < -0.39 is 101 Å². The maximum Gasteiger partial charge on any atom is 0.459 e. The Labute approximate surface area is 582 Å². The van der Waals surface area contributed by atoms with Gasteiger partial charge < -0.3 is 69.4 Å². The molecule has 0 radical (unpaired) electrons. The Bertz CT molecular complexity index is 4990. The number of ether oxygens (including phenoxy) is 6. The van der Waals surface area contributed by atoms with Crippen molar-refractivity contribution >= 4 is 83.2 Å². The van der Waals surface area contributed by atoms with Crippen molar-refractivity contribution in [2.24, 2.45) is 0 Å². The second kappa shape index (κ2) is 29.1. The number of anilines is 2. The van der Waals surface area contributed by atoms with Crippen LogP contribution in [0.2, 0.25) is 0 Å². The fraction of sp³-hybridized carbons (Fsp3) is 0.286. The van der Waals surface area contributed by atoms with Gasteiger partial charge in [0.2, 0.25) is 23.7 Å². The first-order chi connectivity index (χ1) is 49.1. The molecular weight excluding hydrogens is 1360 g/mol. The molecule has 13 rings (SSSR count). The van der Waals surface area contributed by atoms with Crippen molar-refractivity contribution in [3.05, 3.63) is 193 Å². The molecule has 2 saturated heterocycles. The van der Waals surface area contributed by atoms with E-state index in [-0.39, 0.29) is 76.3 Å². The van der Waals surface area contributed by atoms with E-state index in [4.69, 9.17) is 58.0 Å². The molecule has 2 fully saturated rings. The number of esters is 2. The zero-order valence-electron chi connectivity index (χ0n) is 55.5. The van der Waals surface area contributed by atoms with Crippen molar-refractivity contribution in [2.45, 2.75) is 94.0 Å². The van der Waals surface area contributed by atoms with Gasteiger partial charge in [0.1, 0.15) is 65.8 Å². The molecule has 2 aliphatic heterocycles. The molecule has 0 spiro atoms. The zero-order valence-corrected chi connectivity index (χ0v) is 57.3. The Balaban J connectivity index is 0.843. The van der Waals surface area contributed by atoms with Crippen LogP contribution < -0.4 is 40.2 Å². The highest BCUT2D eigenvalue weighted by molar-refractivity contribution is 7.52. The summed E-state index contributed by atoms with van der Waals surface area (Å²) < 4.78 is 95.3. The van der Waals surface area contributed by atoms with Gasteiger partial charge in [0, 0.05) is 10.8 Å². The number of hydrogen-bond donors (Lipinski definition) is 8. The van der Waals surface area contributed by atoms with E-state index in [2.05, 4.69) is 40.1 Å². The minimum Gasteiger partial charge on any atom is -0.479 e. The Hall–Kier alpha value is -10.0. The molecule has 30 nitrogen and oxygen atoms in total. The number of nitrogens with two attached hydrogens (primary N) is 2. The van der Waals surface area contributed by atoms with Gasteiger partial charge in [-0.05, 0) is 77.1 Å². The van der Waals surface area contributed by atoms with Crippen LogP contribution in [-0.2, 0) is 53.3 Å². The molecule has 0 saturated carbocycles. The van der Waals surface area contributed by atoms with Crippen molar-refractivity contribution in [3.8, 4) is 34.4 Å². The number of nitrogen functional groups attached to an aromatic ring is 2. The summed E-state index contributed by atoms with van der Waals surface area (Å²) in [5.74, 6) is -1.90. The van der Waals surface area contributed by atoms with E-state index in [0.717, 1.165) is 0 Å². The van der Waals surface area contributed by atoms with E-state index in [0.29, 0.717) is 50.2 Å². The van der Waals surface area contributed by atoms with Gasteiger partial charge in [0.25, 0.3) is 0 Å². The van der Waals surface area contributed by atoms with Gasteiger partial charge >= 0.3 is 27.4 Å². The molecule has 12 unspecified atom stereocenters. The number of nitrogens with one attached hydrogen (secondary N) is 2. The predicted molar refractivity (Wildman–Crippen MR) is 371 cm³/mol. The third-order valence-corrected chi connectivity index (χ3v) is 20.5. The molecule has 4 aromatic heterocycles. The number of carbonyl (C=O) groups excluding carboxylic acids is 2. The van der Waals surface area contributed by atoms with Crippen LogP contribution in [0, 0.1) is 0 Å². The van der Waals surface area contributed by atoms with Gasteiger partial charge in [-0.2, -0.15) is 30.1 Å². The lowest BCUT2D eigenvalue weighted by molar-refractivity contribution is -0.147. The molecule has 6 heterocycles. The van der Waals surface area contributed by atoms with Crippen LogP contribution in [0.25, 0.3) is 55.0 Å². The van der Waals surface area contributed by atoms with Crippen molar-refractivity contribution < 1.29 is 85.7 Å². The number of aliphatic hydroxyl groups excluding tert-OH is 2. The third kappa shape index (κ3) is 14.2. The molecule has 0 bridgehead atoms. The quantitative estimate of drug-likeness (QED) is 0.0176. The fourth-order valence-corrected chi connectivity index (χ4v) is 15.4. The lowest BCUT2D eigenvalue weighted by Gasteiger charge is -2.28. The standard InChI is InChI=1S/C70H72N12O18P2/c1-6-33-93-63(85)53(42-22-11-8-12-23-42)79-101(89,95-36-51-57(83)69(2,87)65(97-51)81-38-73-55-59(81)75-67(71)77-61(55)91-4)100-50-32-18-29-47-45(28-17-30-48(47)50)43-25-15-26-44(34-43)54(64(86)94-35-40-19-9-7-10-20-40)80-102(90,99-49-31-16-24-41-21-13-14-27-46(41)49)96-37-52-58(84)70(3,88)66(98-52)82-39-74-56-60(82)76-68(72)78-62(56)92-5/h7-32,34,38-39,51-54,57-58,65-66,83-84,87-88H,6,33,35-37H2,1-5H3,(H,79,89)(H,80,90)(H2,71,75,77)(H2,72,76,78). The lowest BCUT2D eigenvalue weighted by atomic mass is 9.95. The average molecular weight is 1430 g/mol. The molecule has 0 aliphatic carbocycles. The Morgan fingerprint density at radius 1 is 0.588 bits per heavy atom. The van der Waals surface area contributed by atoms with Crippen molar-refractivity contribution in [2.75, 3.05) is 45.5 Å². The van der Waals surface area contributed by atoms with E-state index in [1.54, 1.807) is 133 Å². The van der Waals surface area contributed by atoms with Gasteiger partial charge in [-0.3, -0.25) is 18.2 Å². The number of fused-ring (bicyclic) bond motifs is 4. The van der Waals surface area contributed by atoms with Crippen LogP contribution in [0.5, 0.6) is 23.3 Å². The maximum absolute atomic E-state index is 16.1. The topological polar surface area (TPSA) is 405 Å². The van der Waals surface area contributed by atoms with Gasteiger partial charge in [0.05, 0.1) is 46.7 Å². The number of methoxy groups -OCH3 is 2. The van der Waals surface area contributed by atoms with E-state index >= 15 is 13.9 Å². The number of aliphatic hydroxyl groups is 4. The number of benzene rings is 7. The van der Waals surface area contributed by atoms with Gasteiger partial charge in [0.15, 0.2) is 34.8 Å². The first kappa shape index (κ1) is 70.4. The van der Waals surface area contributed by atoms with Crippen molar-refractivity contribution in [3.63, 3.8) is 0 Å². The molecular formula is C70H72N12O18P2. The molecule has 7 aromatic carbocycles. The third-order valence-electron chi connectivity index (χ3n) is 17.5. The molecule has 12 atom stereocenters. The van der Waals surface area contributed by atoms with Crippen LogP contribution in [0.4, 0.5) is 11.9 Å². The Morgan fingerprint density at radius 3 is 1.64 bits per heavy atom. The first-order valence-corrected chi connectivity index (χ1v) is 35.3. The van der Waals surface area contributed by atoms with Crippen LogP contribution in [0.1, 0.15) is 68.4 Å².